The molecule has 6 heteroatoms. The first-order valence-corrected chi connectivity index (χ1v) is 7.07. The second kappa shape index (κ2) is 5.14. The molecule has 0 aliphatic heterocycles. The Bertz CT molecular complexity index is 586. The number of nitrogens with zero attached hydrogens (tertiary/aromatic N) is 1. The second-order valence-corrected chi connectivity index (χ2v) is 5.63. The summed E-state index contributed by atoms with van der Waals surface area (Å²) >= 11 is 1.24. The highest BCUT2D eigenvalue weighted by molar-refractivity contribution is 7.12. The molecule has 0 radical (unpaired) electrons. The number of rotatable bonds is 6. The van der Waals surface area contributed by atoms with Crippen LogP contribution < -0.4 is 5.32 Å². The molecule has 3 rings (SSSR count). The molecule has 1 aliphatic rings. The van der Waals surface area contributed by atoms with E-state index >= 15 is 0 Å². The van der Waals surface area contributed by atoms with E-state index in [1.165, 1.54) is 24.2 Å². The molecule has 1 fully saturated rings. The summed E-state index contributed by atoms with van der Waals surface area (Å²) in [4.78, 5) is 11.1. The van der Waals surface area contributed by atoms with Crippen molar-refractivity contribution in [2.24, 2.45) is 0 Å². The molecule has 0 amide bonds. The van der Waals surface area contributed by atoms with Crippen LogP contribution in [0.1, 0.15) is 45.4 Å². The lowest BCUT2D eigenvalue weighted by molar-refractivity contribution is 0.0702. The average Bonchev–Trinajstić information content (AvgIpc) is 2.94. The molecular formula is C13H14N2O3S. The van der Waals surface area contributed by atoms with E-state index in [1.54, 1.807) is 6.07 Å². The number of carbonyl (C=O) groups is 1. The summed E-state index contributed by atoms with van der Waals surface area (Å²) in [6, 6.07) is 3.69. The van der Waals surface area contributed by atoms with Gasteiger partial charge in [-0.05, 0) is 29.9 Å². The van der Waals surface area contributed by atoms with Crippen molar-refractivity contribution in [2.45, 2.75) is 31.8 Å². The molecule has 0 atom stereocenters. The van der Waals surface area contributed by atoms with Crippen LogP contribution in [0.25, 0.3) is 0 Å². The van der Waals surface area contributed by atoms with Gasteiger partial charge < -0.3 is 14.9 Å². The maximum Gasteiger partial charge on any atom is 0.345 e. The third kappa shape index (κ3) is 3.02. The van der Waals surface area contributed by atoms with Crippen LogP contribution in [-0.2, 0) is 13.1 Å². The van der Waals surface area contributed by atoms with Gasteiger partial charge in [0.05, 0.1) is 12.2 Å². The van der Waals surface area contributed by atoms with Gasteiger partial charge in [0.15, 0.2) is 5.76 Å². The number of aromatic carboxylic acids is 1. The third-order valence-corrected chi connectivity index (χ3v) is 4.03. The van der Waals surface area contributed by atoms with E-state index in [0.29, 0.717) is 23.9 Å². The van der Waals surface area contributed by atoms with Gasteiger partial charge in [-0.15, -0.1) is 11.3 Å². The Morgan fingerprint density at radius 1 is 1.47 bits per heavy atom. The Balaban J connectivity index is 1.49. The molecule has 0 unspecified atom stereocenters. The molecule has 5 nitrogen and oxygen atoms in total. The fourth-order valence-electron chi connectivity index (χ4n) is 1.89. The van der Waals surface area contributed by atoms with E-state index in [9.17, 15) is 4.79 Å². The lowest BCUT2D eigenvalue weighted by atomic mass is 10.2. The smallest absolute Gasteiger partial charge is 0.345 e. The van der Waals surface area contributed by atoms with Crippen molar-refractivity contribution >= 4 is 17.3 Å². The van der Waals surface area contributed by atoms with E-state index in [0.717, 1.165) is 17.0 Å². The minimum absolute atomic E-state index is 0.368. The van der Waals surface area contributed by atoms with Crippen LogP contribution in [0.2, 0.25) is 0 Å². The number of hydrogen-bond donors (Lipinski definition) is 2. The highest BCUT2D eigenvalue weighted by Crippen LogP contribution is 2.39. The van der Waals surface area contributed by atoms with Gasteiger partial charge in [0.2, 0.25) is 0 Å². The molecule has 19 heavy (non-hydrogen) atoms. The van der Waals surface area contributed by atoms with Gasteiger partial charge in [0.25, 0.3) is 0 Å². The number of carboxylic acid groups (broad SMARTS) is 1. The molecule has 100 valence electrons. The van der Waals surface area contributed by atoms with E-state index in [2.05, 4.69) is 10.5 Å². The maximum absolute atomic E-state index is 10.7. The number of aromatic nitrogens is 1. The fraction of sp³-hybridized carbons (Fsp3) is 0.385. The summed E-state index contributed by atoms with van der Waals surface area (Å²) in [6.45, 7) is 1.24. The summed E-state index contributed by atoms with van der Waals surface area (Å²) in [5.41, 5.74) is 2.03. The Morgan fingerprint density at radius 2 is 2.32 bits per heavy atom. The molecule has 0 aromatic carbocycles. The monoisotopic (exact) mass is 278 g/mol. The van der Waals surface area contributed by atoms with Crippen molar-refractivity contribution in [2.75, 3.05) is 0 Å². The second-order valence-electron chi connectivity index (χ2n) is 4.72. The Labute approximate surface area is 114 Å². The largest absolute Gasteiger partial charge is 0.477 e. The van der Waals surface area contributed by atoms with Crippen LogP contribution in [0.15, 0.2) is 22.0 Å². The van der Waals surface area contributed by atoms with Gasteiger partial charge in [-0.1, -0.05) is 5.16 Å². The van der Waals surface area contributed by atoms with E-state index in [1.807, 2.05) is 11.4 Å². The molecule has 2 aromatic heterocycles. The minimum atomic E-state index is -0.874. The molecule has 2 N–H and O–H groups in total. The summed E-state index contributed by atoms with van der Waals surface area (Å²) in [5, 5.41) is 17.9. The van der Waals surface area contributed by atoms with Crippen molar-refractivity contribution < 1.29 is 14.4 Å². The van der Waals surface area contributed by atoms with Crippen molar-refractivity contribution in [3.05, 3.63) is 39.4 Å². The summed E-state index contributed by atoms with van der Waals surface area (Å²) < 4.78 is 5.24. The highest BCUT2D eigenvalue weighted by Gasteiger charge is 2.26. The molecular weight excluding hydrogens is 264 g/mol. The predicted molar refractivity (Wildman–Crippen MR) is 70.3 cm³/mol. The quantitative estimate of drug-likeness (QED) is 0.849. The lowest BCUT2D eigenvalue weighted by Gasteiger charge is -1.98. The maximum atomic E-state index is 10.7. The first-order chi connectivity index (χ1) is 9.22. The Hall–Kier alpha value is -1.66. The van der Waals surface area contributed by atoms with Crippen LogP contribution in [-0.4, -0.2) is 16.2 Å². The van der Waals surface area contributed by atoms with E-state index < -0.39 is 5.97 Å². The molecule has 2 heterocycles. The highest BCUT2D eigenvalue weighted by atomic mass is 32.1. The van der Waals surface area contributed by atoms with Gasteiger partial charge in [0, 0.05) is 18.5 Å². The summed E-state index contributed by atoms with van der Waals surface area (Å²) in [6.07, 6.45) is 2.43. The zero-order chi connectivity index (χ0) is 13.2. The lowest BCUT2D eigenvalue weighted by Crippen LogP contribution is -2.11. The standard InChI is InChI=1S/C13H14N2O3S/c16-13(17)12-3-8(7-19-12)5-14-6-10-4-11(15-18-10)9-1-2-9/h3-4,7,9,14H,1-2,5-6H2,(H,16,17). The molecule has 0 saturated heterocycles. The number of carboxylic acids is 1. The SMILES string of the molecule is O=C(O)c1cc(CNCc2cc(C3CC3)no2)cs1. The molecule has 1 saturated carbocycles. The Kier molecular flexibility index (Phi) is 3.35. The third-order valence-electron chi connectivity index (χ3n) is 3.07. The molecule has 0 bridgehead atoms. The topological polar surface area (TPSA) is 75.4 Å². The van der Waals surface area contributed by atoms with Crippen LogP contribution >= 0.6 is 11.3 Å². The van der Waals surface area contributed by atoms with E-state index in [4.69, 9.17) is 9.63 Å². The first kappa shape index (κ1) is 12.4. The number of nitrogens with one attached hydrogen (secondary N) is 1. The van der Waals surface area contributed by atoms with Crippen molar-refractivity contribution in [3.63, 3.8) is 0 Å². The molecule has 2 aromatic rings. The van der Waals surface area contributed by atoms with Crippen molar-refractivity contribution in [1.82, 2.24) is 10.5 Å². The van der Waals surface area contributed by atoms with Gasteiger partial charge in [-0.2, -0.15) is 0 Å². The normalized spacial score (nSPS) is 14.7. The zero-order valence-corrected chi connectivity index (χ0v) is 11.1. The van der Waals surface area contributed by atoms with Crippen molar-refractivity contribution in [1.29, 1.82) is 0 Å². The first-order valence-electron chi connectivity index (χ1n) is 6.19. The predicted octanol–water partition coefficient (Wildman–Crippen LogP) is 2.60. The molecule has 1 aliphatic carbocycles. The Morgan fingerprint density at radius 3 is 3.00 bits per heavy atom. The molecule has 0 spiro atoms. The van der Waals surface area contributed by atoms with Gasteiger partial charge in [-0.3, -0.25) is 0 Å². The van der Waals surface area contributed by atoms with Crippen LogP contribution in [0.5, 0.6) is 0 Å². The van der Waals surface area contributed by atoms with Crippen LogP contribution in [0.4, 0.5) is 0 Å². The summed E-state index contributed by atoms with van der Waals surface area (Å²) in [7, 11) is 0. The van der Waals surface area contributed by atoms with Gasteiger partial charge in [-0.25, -0.2) is 4.79 Å². The summed E-state index contributed by atoms with van der Waals surface area (Å²) in [5.74, 6) is 0.559. The number of thiophene rings is 1. The van der Waals surface area contributed by atoms with Gasteiger partial charge >= 0.3 is 5.97 Å². The van der Waals surface area contributed by atoms with Crippen LogP contribution in [0, 0.1) is 0 Å². The fourth-order valence-corrected chi connectivity index (χ4v) is 2.64. The van der Waals surface area contributed by atoms with Crippen LogP contribution in [0.3, 0.4) is 0 Å². The zero-order valence-electron chi connectivity index (χ0n) is 10.3. The van der Waals surface area contributed by atoms with Crippen molar-refractivity contribution in [3.8, 4) is 0 Å². The average molecular weight is 278 g/mol. The van der Waals surface area contributed by atoms with E-state index in [-0.39, 0.29) is 0 Å². The number of hydrogen-bond acceptors (Lipinski definition) is 5. The minimum Gasteiger partial charge on any atom is -0.477 e. The van der Waals surface area contributed by atoms with Gasteiger partial charge in [0.1, 0.15) is 4.88 Å².